The third kappa shape index (κ3) is 5.16. The van der Waals surface area contributed by atoms with E-state index in [9.17, 15) is 25.2 Å². The molecule has 1 fully saturated rings. The van der Waals surface area contributed by atoms with Gasteiger partial charge in [0, 0.05) is 12.0 Å². The van der Waals surface area contributed by atoms with E-state index >= 15 is 0 Å². The maximum Gasteiger partial charge on any atom is 0.335 e. The molecular weight excluding hydrogens is 554 g/mol. The first-order chi connectivity index (χ1) is 20.7. The van der Waals surface area contributed by atoms with Crippen LogP contribution >= 0.6 is 0 Å². The van der Waals surface area contributed by atoms with Gasteiger partial charge in [-0.25, -0.2) is 9.36 Å². The topological polar surface area (TPSA) is 183 Å². The van der Waals surface area contributed by atoms with Gasteiger partial charge >= 0.3 is 11.6 Å². The van der Waals surface area contributed by atoms with E-state index in [1.807, 2.05) is 43.3 Å². The number of nitrogens with one attached hydrogen (secondary N) is 1. The van der Waals surface area contributed by atoms with Crippen molar-refractivity contribution in [2.75, 3.05) is 0 Å². The SMILES string of the molecule is CCc1[nH]c2c(C)cc(C)nc2[n+]1Cc1ccc(-c2ccccc2-c2nnn(C3O[C@H](C(=O)O)[C@@H](O)[C@H](O)[C@H]3O)n2)cc1. The number of fused-ring (bicyclic) bond motifs is 1. The average Bonchev–Trinajstić information content (AvgIpc) is 3.62. The Balaban J connectivity index is 1.28. The van der Waals surface area contributed by atoms with Crippen molar-refractivity contribution in [1.29, 1.82) is 0 Å². The van der Waals surface area contributed by atoms with Crippen molar-refractivity contribution in [3.63, 3.8) is 0 Å². The Kier molecular flexibility index (Phi) is 7.48. The molecule has 13 heteroatoms. The predicted octanol–water partition coefficient (Wildman–Crippen LogP) is 1.46. The number of benzene rings is 2. The lowest BCUT2D eigenvalue weighted by Crippen LogP contribution is -2.58. The normalized spacial score (nSPS) is 22.2. The second kappa shape index (κ2) is 11.3. The van der Waals surface area contributed by atoms with Gasteiger partial charge in [0.1, 0.15) is 24.0 Å². The summed E-state index contributed by atoms with van der Waals surface area (Å²) < 4.78 is 7.55. The molecule has 5 atom stereocenters. The zero-order valence-corrected chi connectivity index (χ0v) is 23.8. The number of aliphatic carboxylic acids is 1. The van der Waals surface area contributed by atoms with E-state index in [4.69, 9.17) is 9.72 Å². The summed E-state index contributed by atoms with van der Waals surface area (Å²) >= 11 is 0. The van der Waals surface area contributed by atoms with Gasteiger partial charge < -0.3 is 25.2 Å². The summed E-state index contributed by atoms with van der Waals surface area (Å²) in [6.07, 6.45) is -7.68. The fourth-order valence-corrected chi connectivity index (χ4v) is 5.56. The van der Waals surface area contributed by atoms with Crippen molar-refractivity contribution >= 4 is 17.1 Å². The minimum atomic E-state index is -1.82. The number of aliphatic hydroxyl groups excluding tert-OH is 3. The van der Waals surface area contributed by atoms with E-state index in [0.29, 0.717) is 12.1 Å². The summed E-state index contributed by atoms with van der Waals surface area (Å²) in [5, 5.41) is 52.4. The molecule has 4 heterocycles. The number of ether oxygens (including phenoxy) is 1. The highest BCUT2D eigenvalue weighted by Gasteiger charge is 2.48. The zero-order valence-electron chi connectivity index (χ0n) is 23.8. The number of aromatic nitrogens is 7. The smallest absolute Gasteiger partial charge is 0.335 e. The monoisotopic (exact) mass is 586 g/mol. The molecule has 1 aliphatic heterocycles. The number of hydrogen-bond acceptors (Lipinski definition) is 9. The number of pyridine rings is 1. The number of imidazole rings is 1. The molecule has 1 saturated heterocycles. The number of nitrogens with zero attached hydrogens (tertiary/aromatic N) is 6. The summed E-state index contributed by atoms with van der Waals surface area (Å²) in [6, 6.07) is 17.7. The highest BCUT2D eigenvalue weighted by Crippen LogP contribution is 2.32. The van der Waals surface area contributed by atoms with Crippen molar-refractivity contribution in [3.05, 3.63) is 77.2 Å². The van der Waals surface area contributed by atoms with Crippen LogP contribution in [-0.4, -0.2) is 81.0 Å². The minimum absolute atomic E-state index is 0.210. The third-order valence-corrected chi connectivity index (χ3v) is 7.77. The zero-order chi connectivity index (χ0) is 30.4. The first-order valence-electron chi connectivity index (χ1n) is 14.0. The number of aliphatic hydroxyl groups is 3. The Hall–Kier alpha value is -4.56. The maximum absolute atomic E-state index is 11.5. The van der Waals surface area contributed by atoms with E-state index in [0.717, 1.165) is 56.2 Å². The van der Waals surface area contributed by atoms with Crippen molar-refractivity contribution in [1.82, 2.24) is 30.2 Å². The van der Waals surface area contributed by atoms with Gasteiger partial charge in [0.05, 0.1) is 6.54 Å². The minimum Gasteiger partial charge on any atom is -0.479 e. The number of tetrazole rings is 1. The number of H-pyrrole nitrogens is 1. The van der Waals surface area contributed by atoms with Gasteiger partial charge in [0.25, 0.3) is 0 Å². The number of hydrogen-bond donors (Lipinski definition) is 5. The van der Waals surface area contributed by atoms with Crippen LogP contribution in [0.25, 0.3) is 33.7 Å². The molecule has 1 unspecified atom stereocenters. The van der Waals surface area contributed by atoms with Gasteiger partial charge in [-0.05, 0) is 47.4 Å². The van der Waals surface area contributed by atoms with Crippen molar-refractivity contribution in [2.45, 2.75) is 64.4 Å². The molecule has 0 bridgehead atoms. The van der Waals surface area contributed by atoms with E-state index in [2.05, 4.69) is 57.0 Å². The van der Waals surface area contributed by atoms with E-state index in [1.54, 1.807) is 0 Å². The largest absolute Gasteiger partial charge is 0.479 e. The number of rotatable bonds is 7. The summed E-state index contributed by atoms with van der Waals surface area (Å²) in [4.78, 5) is 20.7. The lowest BCUT2D eigenvalue weighted by Gasteiger charge is -2.37. The highest BCUT2D eigenvalue weighted by atomic mass is 16.6. The fraction of sp³-hybridized carbons (Fsp3) is 0.333. The Morgan fingerprint density at radius 1 is 1.02 bits per heavy atom. The molecule has 0 radical (unpaired) electrons. The van der Waals surface area contributed by atoms with Crippen molar-refractivity contribution in [3.8, 4) is 22.5 Å². The molecule has 5 aromatic rings. The first-order valence-corrected chi connectivity index (χ1v) is 14.0. The molecule has 6 rings (SSSR count). The van der Waals surface area contributed by atoms with Crippen molar-refractivity contribution in [2.24, 2.45) is 0 Å². The number of carbonyl (C=O) groups is 1. The van der Waals surface area contributed by atoms with Gasteiger partial charge in [-0.15, -0.1) is 20.0 Å². The summed E-state index contributed by atoms with van der Waals surface area (Å²) in [5.41, 5.74) is 7.61. The molecule has 5 N–H and O–H groups in total. The van der Waals surface area contributed by atoms with E-state index in [1.165, 1.54) is 0 Å². The van der Waals surface area contributed by atoms with Gasteiger partial charge in [-0.2, -0.15) is 0 Å². The predicted molar refractivity (Wildman–Crippen MR) is 152 cm³/mol. The van der Waals surface area contributed by atoms with Gasteiger partial charge in [0.2, 0.25) is 17.9 Å². The molecule has 2 aromatic carbocycles. The van der Waals surface area contributed by atoms with Crippen LogP contribution in [0.3, 0.4) is 0 Å². The van der Waals surface area contributed by atoms with Crippen molar-refractivity contribution < 1.29 is 34.5 Å². The Labute approximate surface area is 246 Å². The van der Waals surface area contributed by atoms with Crippen LogP contribution in [0.1, 0.15) is 35.8 Å². The average molecular weight is 587 g/mol. The van der Waals surface area contributed by atoms with Crippen LogP contribution in [0.5, 0.6) is 0 Å². The van der Waals surface area contributed by atoms with Gasteiger partial charge in [-0.1, -0.05) is 55.5 Å². The highest BCUT2D eigenvalue weighted by molar-refractivity contribution is 5.80. The number of carboxylic acids is 1. The summed E-state index contributed by atoms with van der Waals surface area (Å²) in [7, 11) is 0. The van der Waals surface area contributed by atoms with Crippen LogP contribution in [0.4, 0.5) is 0 Å². The quantitative estimate of drug-likeness (QED) is 0.175. The van der Waals surface area contributed by atoms with Crippen LogP contribution < -0.4 is 4.57 Å². The van der Waals surface area contributed by atoms with Gasteiger partial charge in [0.15, 0.2) is 11.6 Å². The molecule has 0 aliphatic carbocycles. The molecule has 0 spiro atoms. The standard InChI is InChI=1S/C30H31N7O6/c1-4-21-32-22-15(2)13-16(3)31-28(22)36(21)14-17-9-11-18(12-10-17)19-7-5-6-8-20(19)27-33-35-37(34-27)29-25(40)23(38)24(39)26(43-29)30(41)42/h5-13,23-26,29,38-40H,4,14H2,1-3H3,(H,41,42)/p+1/t23-,24-,25+,26-,29?/m0/s1. The number of carboxylic acid groups (broad SMARTS) is 1. The van der Waals surface area contributed by atoms with E-state index < -0.39 is 36.6 Å². The summed E-state index contributed by atoms with van der Waals surface area (Å²) in [5.74, 6) is -0.182. The first kappa shape index (κ1) is 28.6. The molecule has 0 saturated carbocycles. The number of aryl methyl sites for hydroxylation is 3. The fourth-order valence-electron chi connectivity index (χ4n) is 5.56. The maximum atomic E-state index is 11.5. The lowest BCUT2D eigenvalue weighted by molar-refractivity contribution is -0.671. The molecule has 222 valence electrons. The second-order valence-corrected chi connectivity index (χ2v) is 10.7. The molecule has 1 aliphatic rings. The second-order valence-electron chi connectivity index (χ2n) is 10.7. The molecule has 0 amide bonds. The Morgan fingerprint density at radius 2 is 1.74 bits per heavy atom. The van der Waals surface area contributed by atoms with E-state index in [-0.39, 0.29) is 5.82 Å². The molecule has 43 heavy (non-hydrogen) atoms. The van der Waals surface area contributed by atoms with Crippen LogP contribution in [0.2, 0.25) is 0 Å². The Morgan fingerprint density at radius 3 is 2.44 bits per heavy atom. The Bertz CT molecular complexity index is 1800. The molecular formula is C30H32N7O6+. The molecule has 13 nitrogen and oxygen atoms in total. The van der Waals surface area contributed by atoms with Crippen LogP contribution in [-0.2, 0) is 22.5 Å². The summed E-state index contributed by atoms with van der Waals surface area (Å²) in [6.45, 7) is 6.85. The number of aromatic amines is 1. The van der Waals surface area contributed by atoms with Crippen LogP contribution in [0.15, 0.2) is 54.6 Å². The third-order valence-electron chi connectivity index (χ3n) is 7.77. The molecule has 3 aromatic heterocycles. The lowest BCUT2D eigenvalue weighted by atomic mass is 9.98. The van der Waals surface area contributed by atoms with Gasteiger partial charge in [-0.3, -0.25) is 4.98 Å². The van der Waals surface area contributed by atoms with Crippen LogP contribution in [0, 0.1) is 13.8 Å².